The maximum absolute atomic E-state index is 5.83. The molecule has 2 rings (SSSR count). The van der Waals surface area contributed by atoms with Crippen LogP contribution in [-0.4, -0.2) is 16.0 Å². The van der Waals surface area contributed by atoms with Crippen LogP contribution in [0.4, 0.5) is 0 Å². The Labute approximate surface area is 78.4 Å². The molecule has 13 heavy (non-hydrogen) atoms. The first-order valence-corrected chi connectivity index (χ1v) is 4.89. The fraction of sp³-hybridized carbons (Fsp3) is 0.600. The molecule has 1 saturated carbocycles. The number of rotatable bonds is 1. The quantitative estimate of drug-likeness (QED) is 0.706. The molecule has 0 spiro atoms. The van der Waals surface area contributed by atoms with Crippen LogP contribution in [-0.2, 0) is 0 Å². The van der Waals surface area contributed by atoms with Gasteiger partial charge in [0.25, 0.3) is 0 Å². The van der Waals surface area contributed by atoms with Crippen molar-refractivity contribution in [1.29, 1.82) is 0 Å². The van der Waals surface area contributed by atoms with E-state index in [9.17, 15) is 0 Å². The van der Waals surface area contributed by atoms with Crippen LogP contribution in [0.2, 0.25) is 0 Å². The second-order valence-electron chi connectivity index (χ2n) is 3.72. The molecule has 1 fully saturated rings. The molecular formula is C10H15N3. The molecule has 1 aromatic rings. The molecule has 3 nitrogen and oxygen atoms in total. The minimum Gasteiger partial charge on any atom is -0.328 e. The molecule has 1 aliphatic rings. The van der Waals surface area contributed by atoms with E-state index in [1.54, 1.807) is 0 Å². The van der Waals surface area contributed by atoms with Gasteiger partial charge < -0.3 is 5.73 Å². The Balaban J connectivity index is 2.03. The molecule has 1 aliphatic carbocycles. The summed E-state index contributed by atoms with van der Waals surface area (Å²) in [6.45, 7) is 0. The molecule has 0 amide bonds. The molecule has 3 heteroatoms. The molecule has 0 saturated heterocycles. The SMILES string of the molecule is NC1CCC(c2ncccn2)CC1. The van der Waals surface area contributed by atoms with Crippen LogP contribution in [0.1, 0.15) is 37.4 Å². The van der Waals surface area contributed by atoms with Gasteiger partial charge in [0.05, 0.1) is 0 Å². The van der Waals surface area contributed by atoms with Gasteiger partial charge in [-0.15, -0.1) is 0 Å². The second-order valence-corrected chi connectivity index (χ2v) is 3.72. The fourth-order valence-electron chi connectivity index (χ4n) is 1.90. The summed E-state index contributed by atoms with van der Waals surface area (Å²) in [5.41, 5.74) is 5.83. The van der Waals surface area contributed by atoms with Crippen LogP contribution in [0.15, 0.2) is 18.5 Å². The van der Waals surface area contributed by atoms with Crippen molar-refractivity contribution in [1.82, 2.24) is 9.97 Å². The van der Waals surface area contributed by atoms with Crippen molar-refractivity contribution in [3.05, 3.63) is 24.3 Å². The first-order valence-electron chi connectivity index (χ1n) is 4.89. The third-order valence-corrected chi connectivity index (χ3v) is 2.72. The minimum atomic E-state index is 0.403. The van der Waals surface area contributed by atoms with Crippen molar-refractivity contribution in [2.24, 2.45) is 5.73 Å². The van der Waals surface area contributed by atoms with Crippen LogP contribution < -0.4 is 5.73 Å². The van der Waals surface area contributed by atoms with Crippen molar-refractivity contribution in [3.8, 4) is 0 Å². The average Bonchev–Trinajstić information content (AvgIpc) is 2.20. The van der Waals surface area contributed by atoms with E-state index in [4.69, 9.17) is 5.73 Å². The lowest BCUT2D eigenvalue weighted by molar-refractivity contribution is 0.384. The highest BCUT2D eigenvalue weighted by Crippen LogP contribution is 2.29. The van der Waals surface area contributed by atoms with Crippen molar-refractivity contribution in [3.63, 3.8) is 0 Å². The van der Waals surface area contributed by atoms with Gasteiger partial charge in [-0.05, 0) is 31.7 Å². The Morgan fingerprint density at radius 1 is 1.08 bits per heavy atom. The van der Waals surface area contributed by atoms with E-state index in [2.05, 4.69) is 9.97 Å². The molecule has 0 unspecified atom stereocenters. The molecule has 0 atom stereocenters. The third kappa shape index (κ3) is 2.04. The lowest BCUT2D eigenvalue weighted by atomic mass is 9.86. The van der Waals surface area contributed by atoms with Crippen LogP contribution >= 0.6 is 0 Å². The van der Waals surface area contributed by atoms with E-state index in [1.165, 1.54) is 0 Å². The zero-order valence-corrected chi connectivity index (χ0v) is 7.69. The van der Waals surface area contributed by atoms with E-state index < -0.39 is 0 Å². The molecule has 0 aromatic carbocycles. The van der Waals surface area contributed by atoms with E-state index in [1.807, 2.05) is 18.5 Å². The topological polar surface area (TPSA) is 51.8 Å². The molecule has 0 bridgehead atoms. The standard InChI is InChI=1S/C10H15N3/c11-9-4-2-8(3-5-9)10-12-6-1-7-13-10/h1,6-9H,2-5,11H2. The van der Waals surface area contributed by atoms with Crippen molar-refractivity contribution in [2.75, 3.05) is 0 Å². The summed E-state index contributed by atoms with van der Waals surface area (Å²) in [7, 11) is 0. The first-order chi connectivity index (χ1) is 6.36. The zero-order chi connectivity index (χ0) is 9.10. The summed E-state index contributed by atoms with van der Waals surface area (Å²) in [5, 5.41) is 0. The molecule has 0 aliphatic heterocycles. The highest BCUT2D eigenvalue weighted by Gasteiger charge is 2.21. The van der Waals surface area contributed by atoms with Crippen LogP contribution in [0.3, 0.4) is 0 Å². The van der Waals surface area contributed by atoms with Gasteiger partial charge in [-0.2, -0.15) is 0 Å². The fourth-order valence-corrected chi connectivity index (χ4v) is 1.90. The Hall–Kier alpha value is -0.960. The summed E-state index contributed by atoms with van der Waals surface area (Å²) in [6.07, 6.45) is 8.15. The molecular weight excluding hydrogens is 162 g/mol. The number of aromatic nitrogens is 2. The average molecular weight is 177 g/mol. The number of nitrogens with two attached hydrogens (primary N) is 1. The van der Waals surface area contributed by atoms with Crippen LogP contribution in [0.25, 0.3) is 0 Å². The van der Waals surface area contributed by atoms with Crippen LogP contribution in [0, 0.1) is 0 Å². The first kappa shape index (κ1) is 8.63. The highest BCUT2D eigenvalue weighted by molar-refractivity contribution is 4.99. The third-order valence-electron chi connectivity index (χ3n) is 2.72. The van der Waals surface area contributed by atoms with Gasteiger partial charge in [0.15, 0.2) is 0 Å². The zero-order valence-electron chi connectivity index (χ0n) is 7.69. The van der Waals surface area contributed by atoms with E-state index in [0.29, 0.717) is 12.0 Å². The Morgan fingerprint density at radius 3 is 2.31 bits per heavy atom. The predicted molar refractivity (Wildman–Crippen MR) is 51.2 cm³/mol. The van der Waals surface area contributed by atoms with Gasteiger partial charge in [-0.3, -0.25) is 0 Å². The van der Waals surface area contributed by atoms with E-state index in [0.717, 1.165) is 31.5 Å². The molecule has 0 radical (unpaired) electrons. The van der Waals surface area contributed by atoms with E-state index in [-0.39, 0.29) is 0 Å². The summed E-state index contributed by atoms with van der Waals surface area (Å²) in [6, 6.07) is 2.26. The summed E-state index contributed by atoms with van der Waals surface area (Å²) in [4.78, 5) is 8.55. The van der Waals surface area contributed by atoms with E-state index >= 15 is 0 Å². The smallest absolute Gasteiger partial charge is 0.131 e. The highest BCUT2D eigenvalue weighted by atomic mass is 14.9. The van der Waals surface area contributed by atoms with Gasteiger partial charge in [0.2, 0.25) is 0 Å². The molecule has 2 N–H and O–H groups in total. The minimum absolute atomic E-state index is 0.403. The van der Waals surface area contributed by atoms with Gasteiger partial charge in [-0.25, -0.2) is 9.97 Å². The second kappa shape index (κ2) is 3.83. The largest absolute Gasteiger partial charge is 0.328 e. The lowest BCUT2D eigenvalue weighted by Gasteiger charge is -2.24. The Kier molecular flexibility index (Phi) is 2.54. The number of hydrogen-bond donors (Lipinski definition) is 1. The van der Waals surface area contributed by atoms with Gasteiger partial charge in [0.1, 0.15) is 5.82 Å². The number of nitrogens with zero attached hydrogens (tertiary/aromatic N) is 2. The Morgan fingerprint density at radius 2 is 1.69 bits per heavy atom. The van der Waals surface area contributed by atoms with Crippen molar-refractivity contribution >= 4 is 0 Å². The van der Waals surface area contributed by atoms with Crippen molar-refractivity contribution in [2.45, 2.75) is 37.6 Å². The molecule has 1 heterocycles. The summed E-state index contributed by atoms with van der Waals surface area (Å²) >= 11 is 0. The maximum Gasteiger partial charge on any atom is 0.131 e. The van der Waals surface area contributed by atoms with Gasteiger partial charge >= 0.3 is 0 Å². The Bertz CT molecular complexity index is 252. The van der Waals surface area contributed by atoms with Crippen LogP contribution in [0.5, 0.6) is 0 Å². The monoisotopic (exact) mass is 177 g/mol. The maximum atomic E-state index is 5.83. The number of hydrogen-bond acceptors (Lipinski definition) is 3. The normalized spacial score (nSPS) is 28.7. The summed E-state index contributed by atoms with van der Waals surface area (Å²) in [5.74, 6) is 1.54. The van der Waals surface area contributed by atoms with Gasteiger partial charge in [0, 0.05) is 24.4 Å². The lowest BCUT2D eigenvalue weighted by Crippen LogP contribution is -2.26. The van der Waals surface area contributed by atoms with Crippen molar-refractivity contribution < 1.29 is 0 Å². The molecule has 70 valence electrons. The predicted octanol–water partition coefficient (Wildman–Crippen LogP) is 1.46. The summed E-state index contributed by atoms with van der Waals surface area (Å²) < 4.78 is 0. The molecule has 1 aromatic heterocycles. The van der Waals surface area contributed by atoms with Gasteiger partial charge in [-0.1, -0.05) is 0 Å².